The molecule has 5 nitrogen and oxygen atoms in total. The molecule has 4 heterocycles. The number of pyridine rings is 1. The Morgan fingerprint density at radius 3 is 1.73 bits per heavy atom. The van der Waals surface area contributed by atoms with Gasteiger partial charge in [-0.25, -0.2) is 4.98 Å². The van der Waals surface area contributed by atoms with Gasteiger partial charge in [0.25, 0.3) is 6.33 Å². The van der Waals surface area contributed by atoms with E-state index in [1.54, 1.807) is 98.9 Å². The maximum Gasteiger partial charge on any atom is 0.255 e. The second-order valence-electron chi connectivity index (χ2n) is 23.7. The van der Waals surface area contributed by atoms with Gasteiger partial charge in [-0.2, -0.15) is 9.13 Å². The Bertz CT molecular complexity index is 6380. The van der Waals surface area contributed by atoms with Gasteiger partial charge in [0.2, 0.25) is 0 Å². The van der Waals surface area contributed by atoms with Crippen LogP contribution < -0.4 is 30.1 Å². The lowest BCUT2D eigenvalue weighted by Gasteiger charge is -2.35. The molecule has 88 heavy (non-hydrogen) atoms. The van der Waals surface area contributed by atoms with Crippen LogP contribution in [0.15, 0.2) is 273 Å². The summed E-state index contributed by atoms with van der Waals surface area (Å²) in [7, 11) is -6.48. The highest BCUT2D eigenvalue weighted by Gasteiger charge is 2.42. The zero-order valence-corrected chi connectivity index (χ0v) is 49.5. The zero-order chi connectivity index (χ0) is 84.2. The molecule has 11 aromatic carbocycles. The first kappa shape index (κ1) is 32.0. The van der Waals surface area contributed by atoms with Crippen molar-refractivity contribution in [1.82, 2.24) is 14.1 Å². The normalized spacial score (nSPS) is 17.1. The molecule has 1 aliphatic rings. The predicted molar refractivity (Wildman–Crippen MR) is 369 cm³/mol. The first-order valence-electron chi connectivity index (χ1n) is 42.4. The minimum absolute atomic E-state index is 0.0798. The number of fused-ring (bicyclic) bond motifs is 10. The molecular formula is C82H69N4OSi+. The number of benzene rings is 11. The van der Waals surface area contributed by atoms with E-state index in [1.165, 1.54) is 6.07 Å². The number of hydrogen-bond donors (Lipinski definition) is 0. The molecule has 0 radical (unpaired) electrons. The van der Waals surface area contributed by atoms with Gasteiger partial charge in [0.15, 0.2) is 19.1 Å². The number of ether oxygens (including phenoxy) is 1. The summed E-state index contributed by atoms with van der Waals surface area (Å²) in [6, 6.07) is 13.6. The van der Waals surface area contributed by atoms with Gasteiger partial charge in [-0.15, -0.1) is 0 Å². The fraction of sp³-hybridized carbons (Fsp3) is 0.122. The van der Waals surface area contributed by atoms with Gasteiger partial charge < -0.3 is 4.74 Å². The van der Waals surface area contributed by atoms with Crippen LogP contribution in [-0.4, -0.2) is 22.2 Å². The Morgan fingerprint density at radius 1 is 0.466 bits per heavy atom. The molecule has 14 aromatic rings. The molecule has 0 atom stereocenters. The maximum atomic E-state index is 11.5. The number of aromatic nitrogens is 4. The number of rotatable bonds is 9. The van der Waals surface area contributed by atoms with Crippen molar-refractivity contribution in [2.75, 3.05) is 0 Å². The highest BCUT2D eigenvalue weighted by Crippen LogP contribution is 2.46. The van der Waals surface area contributed by atoms with Crippen molar-refractivity contribution in [1.29, 1.82) is 0 Å². The number of para-hydroxylation sites is 3. The van der Waals surface area contributed by atoms with E-state index < -0.39 is 214 Å². The number of nitrogens with zero attached hydrogens (tertiary/aromatic N) is 4. The number of hydrogen-bond acceptors (Lipinski definition) is 2. The minimum atomic E-state index is -6.48. The van der Waals surface area contributed by atoms with Crippen LogP contribution in [0.3, 0.4) is 0 Å². The molecule has 0 bridgehead atoms. The largest absolute Gasteiger partial charge is 0.457 e. The summed E-state index contributed by atoms with van der Waals surface area (Å²) in [4.78, 5) is 4.54. The highest BCUT2D eigenvalue weighted by molar-refractivity contribution is 7.20. The van der Waals surface area contributed by atoms with Crippen LogP contribution in [0.4, 0.5) is 0 Å². The maximum absolute atomic E-state index is 11.5. The van der Waals surface area contributed by atoms with E-state index in [0.717, 1.165) is 22.7 Å². The van der Waals surface area contributed by atoms with Gasteiger partial charge in [0.05, 0.1) is 41.2 Å². The molecule has 3 aromatic heterocycles. The van der Waals surface area contributed by atoms with Crippen LogP contribution in [0.2, 0.25) is 0 Å². The van der Waals surface area contributed by atoms with E-state index in [9.17, 15) is 26.0 Å². The summed E-state index contributed by atoms with van der Waals surface area (Å²) in [5.74, 6) is 0.663. The van der Waals surface area contributed by atoms with Crippen LogP contribution >= 0.6 is 0 Å². The van der Waals surface area contributed by atoms with Crippen LogP contribution in [0.1, 0.15) is 102 Å². The molecule has 426 valence electrons. The molecule has 15 rings (SSSR count). The molecule has 6 heteroatoms. The van der Waals surface area contributed by atoms with Gasteiger partial charge >= 0.3 is 0 Å². The minimum Gasteiger partial charge on any atom is -0.457 e. The Labute approximate surface area is 556 Å². The van der Waals surface area contributed by atoms with Gasteiger partial charge in [-0.3, -0.25) is 4.57 Å². The molecule has 0 aliphatic carbocycles. The van der Waals surface area contributed by atoms with Crippen molar-refractivity contribution >= 4 is 61.7 Å². The number of imidazole rings is 1. The third kappa shape index (κ3) is 9.04. The molecule has 0 fully saturated rings. The van der Waals surface area contributed by atoms with E-state index in [2.05, 4.69) is 11.1 Å². The zero-order valence-electron chi connectivity index (χ0n) is 76.5. The lowest BCUT2D eigenvalue weighted by Crippen LogP contribution is -2.74. The summed E-state index contributed by atoms with van der Waals surface area (Å²) >= 11 is 0. The molecule has 0 amide bonds. The molecule has 0 spiro atoms. The van der Waals surface area contributed by atoms with E-state index in [0.29, 0.717) is 38.8 Å². The van der Waals surface area contributed by atoms with Crippen molar-refractivity contribution in [3.05, 3.63) is 295 Å². The molecule has 1 aliphatic heterocycles. The Hall–Kier alpha value is -10.1. The van der Waals surface area contributed by atoms with Crippen LogP contribution in [-0.2, 0) is 10.8 Å². The van der Waals surface area contributed by atoms with Gasteiger partial charge in [-0.05, 0) is 144 Å². The summed E-state index contributed by atoms with van der Waals surface area (Å²) in [6.45, 7) is 6.57. The van der Waals surface area contributed by atoms with Crippen molar-refractivity contribution in [3.63, 3.8) is 0 Å². The molecule has 0 unspecified atom stereocenters. The predicted octanol–water partition coefficient (Wildman–Crippen LogP) is 17.8. The van der Waals surface area contributed by atoms with Crippen molar-refractivity contribution in [2.24, 2.45) is 0 Å². The van der Waals surface area contributed by atoms with E-state index in [4.69, 9.17) is 17.1 Å². The lowest BCUT2D eigenvalue weighted by molar-refractivity contribution is -0.566. The summed E-state index contributed by atoms with van der Waals surface area (Å²) in [6.07, 6.45) is 2.76. The lowest BCUT2D eigenvalue weighted by atomic mass is 9.78. The van der Waals surface area contributed by atoms with Crippen LogP contribution in [0, 0.1) is 13.7 Å². The second-order valence-corrected chi connectivity index (χ2v) is 27.2. The first-order valence-corrected chi connectivity index (χ1v) is 30.4. The molecule has 0 N–H and O–H groups in total. The van der Waals surface area contributed by atoms with E-state index in [1.807, 2.05) is 77.9 Å². The SMILES string of the molecule is [2H]c1c([2H])c([2H])c([Si](c2c([2H])c([2H])c([2H])c([2H])c2[2H])(c2c([2H])c([2H])c([2H])c([2H])c2[2H])c2c([2H])c([2H])c3c(c2[2H])-c2cccc(-c4cc(C(C)(C)C)cc(C(C)(C)C)c4)c2-[n+]2cn(-c4cccc(Oc5ccc6c7ccccc7n(-c7cc(C([2H])([2H])[2H])c(C([2H])([2H])[2H])cn7)c6c5)c4)c4cccc(c42)-c2c([2H])c([2H])c([2H])c([2H])c2-3)c([2H])c1[2H]. The first-order chi connectivity index (χ1) is 54.3. The van der Waals surface area contributed by atoms with E-state index >= 15 is 0 Å². The van der Waals surface area contributed by atoms with Gasteiger partial charge in [0.1, 0.15) is 28.7 Å². The van der Waals surface area contributed by atoms with Crippen molar-refractivity contribution in [2.45, 2.75) is 66.1 Å². The van der Waals surface area contributed by atoms with E-state index in [-0.39, 0.29) is 45.2 Å². The second kappa shape index (κ2) is 21.1. The average molecular weight is 1180 g/mol. The van der Waals surface area contributed by atoms with Gasteiger partial charge in [-0.1, -0.05) is 241 Å². The fourth-order valence-corrected chi connectivity index (χ4v) is 15.6. The summed E-state index contributed by atoms with van der Waals surface area (Å²) in [5, 5.41) is -2.61. The Balaban J connectivity index is 1.10. The van der Waals surface area contributed by atoms with Crippen molar-refractivity contribution < 1.29 is 47.7 Å². The molecule has 0 saturated heterocycles. The van der Waals surface area contributed by atoms with Crippen LogP contribution in [0.5, 0.6) is 11.5 Å². The molecular weight excluding hydrogens is 1090 g/mol. The topological polar surface area (TPSA) is 35.9 Å². The highest BCUT2D eigenvalue weighted by atomic mass is 28.3. The summed E-state index contributed by atoms with van der Waals surface area (Å²) < 4.78 is 278. The van der Waals surface area contributed by atoms with Gasteiger partial charge in [0, 0.05) is 54.0 Å². The smallest absolute Gasteiger partial charge is 0.255 e. The number of aryl methyl sites for hydroxylation is 2. The average Bonchev–Trinajstić information content (AvgIpc) is 0.877. The monoisotopic (exact) mass is 1180 g/mol. The van der Waals surface area contributed by atoms with Crippen LogP contribution in [0.25, 0.3) is 94.5 Å². The van der Waals surface area contributed by atoms with Crippen molar-refractivity contribution in [3.8, 4) is 73.2 Å². The standard InChI is InChI=1S/C82H69N4OSi/c1-54-45-78(83-52-55(54)2)86-75-39-21-20-35-70(75)71-43-41-61(50-77(71)86)87-60-26-22-25-59(49-60)84-53-85-79-66(56-46-57(81(3,4)5)48-58(47-56)82(6,7)8)36-23-37-73(79)74-51-65(42-44-69(74)67-33-18-19-34-68(67)72-38-24-40-76(84)80(72)85)88(62-27-12-9-13-28-62,63-29-14-10-15-30-63)64-31-16-11-17-32-64/h9-53H,1-8H3/q+1/i1D3,2D3,9D,10D,11D,12D,13D,14D,15D,16D,17D,18D,19D,27D,28D,29D,30D,31D,32D,33D,34D,42D,44D,51D. The fourth-order valence-electron chi connectivity index (χ4n) is 12.1. The third-order valence-electron chi connectivity index (χ3n) is 16.4. The Kier molecular flexibility index (Phi) is 7.67. The summed E-state index contributed by atoms with van der Waals surface area (Å²) in [5.41, 5.74) is 1.25. The quantitative estimate of drug-likeness (QED) is 0.0820. The Morgan fingerprint density at radius 2 is 1.05 bits per heavy atom. The third-order valence-corrected chi connectivity index (χ3v) is 20.4. The molecule has 0 saturated carbocycles.